The molecule has 0 aromatic heterocycles. The van der Waals surface area contributed by atoms with E-state index in [1.165, 1.54) is 0 Å². The van der Waals surface area contributed by atoms with Gasteiger partial charge >= 0.3 is 0 Å². The van der Waals surface area contributed by atoms with Crippen molar-refractivity contribution in [2.45, 2.75) is 26.2 Å². The Morgan fingerprint density at radius 3 is 2.62 bits per heavy atom. The standard InChI is InChI=1S/C11H13NO/c1-7-11(2,3)10-8(12-7)5-4-6-9(10)13/h4-6,13H,1-3H3. The summed E-state index contributed by atoms with van der Waals surface area (Å²) in [5.41, 5.74) is 2.79. The third kappa shape index (κ3) is 0.981. The highest BCUT2D eigenvalue weighted by Gasteiger charge is 2.34. The lowest BCUT2D eigenvalue weighted by molar-refractivity contribution is 0.461. The maximum Gasteiger partial charge on any atom is 0.121 e. The highest BCUT2D eigenvalue weighted by atomic mass is 16.3. The molecule has 0 bridgehead atoms. The summed E-state index contributed by atoms with van der Waals surface area (Å²) in [7, 11) is 0. The number of hydrogen-bond acceptors (Lipinski definition) is 2. The van der Waals surface area contributed by atoms with E-state index in [1.807, 2.05) is 19.1 Å². The third-order valence-corrected chi connectivity index (χ3v) is 2.84. The molecule has 0 atom stereocenters. The molecular formula is C11H13NO. The van der Waals surface area contributed by atoms with Crippen LogP contribution in [0.4, 0.5) is 5.69 Å². The summed E-state index contributed by atoms with van der Waals surface area (Å²) in [6.45, 7) is 6.16. The Bertz CT molecular complexity index is 391. The minimum atomic E-state index is -0.124. The van der Waals surface area contributed by atoms with Gasteiger partial charge in [-0.25, -0.2) is 0 Å². The van der Waals surface area contributed by atoms with Gasteiger partial charge in [-0.1, -0.05) is 19.9 Å². The summed E-state index contributed by atoms with van der Waals surface area (Å²) in [5.74, 6) is 0.350. The van der Waals surface area contributed by atoms with E-state index in [9.17, 15) is 5.11 Å². The molecule has 13 heavy (non-hydrogen) atoms. The smallest absolute Gasteiger partial charge is 0.121 e. The van der Waals surface area contributed by atoms with Crippen LogP contribution in [-0.2, 0) is 5.41 Å². The van der Waals surface area contributed by atoms with Gasteiger partial charge in [-0.3, -0.25) is 4.99 Å². The van der Waals surface area contributed by atoms with Crippen LogP contribution in [0.5, 0.6) is 5.75 Å². The lowest BCUT2D eigenvalue weighted by Crippen LogP contribution is -2.22. The number of aliphatic imine (C=N–C) groups is 1. The van der Waals surface area contributed by atoms with Crippen LogP contribution in [0.3, 0.4) is 0 Å². The van der Waals surface area contributed by atoms with Gasteiger partial charge in [-0.15, -0.1) is 0 Å². The molecule has 1 aromatic rings. The molecule has 0 fully saturated rings. The van der Waals surface area contributed by atoms with E-state index in [0.29, 0.717) is 5.75 Å². The molecule has 0 unspecified atom stereocenters. The topological polar surface area (TPSA) is 32.6 Å². The van der Waals surface area contributed by atoms with Crippen LogP contribution in [0.25, 0.3) is 0 Å². The summed E-state index contributed by atoms with van der Waals surface area (Å²) in [6.07, 6.45) is 0. The third-order valence-electron chi connectivity index (χ3n) is 2.84. The zero-order chi connectivity index (χ0) is 9.64. The average Bonchev–Trinajstić information content (AvgIpc) is 2.24. The molecule has 0 amide bonds. The highest BCUT2D eigenvalue weighted by Crippen LogP contribution is 2.44. The molecule has 1 aliphatic heterocycles. The van der Waals surface area contributed by atoms with Crippen LogP contribution in [-0.4, -0.2) is 10.8 Å². The Morgan fingerprint density at radius 1 is 1.31 bits per heavy atom. The number of phenols is 1. The van der Waals surface area contributed by atoms with Gasteiger partial charge in [0.15, 0.2) is 0 Å². The van der Waals surface area contributed by atoms with E-state index in [2.05, 4.69) is 18.8 Å². The summed E-state index contributed by atoms with van der Waals surface area (Å²) in [6, 6.07) is 5.48. The van der Waals surface area contributed by atoms with Crippen LogP contribution in [0, 0.1) is 0 Å². The van der Waals surface area contributed by atoms with Gasteiger partial charge in [-0.05, 0) is 19.1 Å². The van der Waals surface area contributed by atoms with Crippen molar-refractivity contribution in [3.8, 4) is 5.75 Å². The van der Waals surface area contributed by atoms with Crippen molar-refractivity contribution in [2.75, 3.05) is 0 Å². The molecule has 0 saturated carbocycles. The van der Waals surface area contributed by atoms with E-state index >= 15 is 0 Å². The van der Waals surface area contributed by atoms with Crippen LogP contribution in [0.15, 0.2) is 23.2 Å². The van der Waals surface area contributed by atoms with Crippen molar-refractivity contribution < 1.29 is 5.11 Å². The van der Waals surface area contributed by atoms with E-state index < -0.39 is 0 Å². The molecule has 0 radical (unpaired) electrons. The monoisotopic (exact) mass is 175 g/mol. The molecule has 68 valence electrons. The van der Waals surface area contributed by atoms with E-state index in [0.717, 1.165) is 17.0 Å². The second-order valence-electron chi connectivity index (χ2n) is 3.99. The maximum atomic E-state index is 9.71. The normalized spacial score (nSPS) is 18.2. The van der Waals surface area contributed by atoms with Gasteiger partial charge in [0.1, 0.15) is 5.75 Å². The van der Waals surface area contributed by atoms with E-state index in [-0.39, 0.29) is 5.41 Å². The van der Waals surface area contributed by atoms with Crippen LogP contribution in [0.1, 0.15) is 26.3 Å². The van der Waals surface area contributed by atoms with Crippen molar-refractivity contribution in [1.29, 1.82) is 0 Å². The Balaban J connectivity index is 2.72. The van der Waals surface area contributed by atoms with Gasteiger partial charge in [0.2, 0.25) is 0 Å². The largest absolute Gasteiger partial charge is 0.508 e. The molecule has 0 spiro atoms. The Morgan fingerprint density at radius 2 is 2.00 bits per heavy atom. The van der Waals surface area contributed by atoms with Crippen LogP contribution < -0.4 is 0 Å². The van der Waals surface area contributed by atoms with Gasteiger partial charge in [-0.2, -0.15) is 0 Å². The number of phenolic OH excluding ortho intramolecular Hbond substituents is 1. The lowest BCUT2D eigenvalue weighted by atomic mass is 9.82. The Hall–Kier alpha value is -1.31. The zero-order valence-electron chi connectivity index (χ0n) is 8.13. The number of benzene rings is 1. The van der Waals surface area contributed by atoms with Crippen LogP contribution >= 0.6 is 0 Å². The minimum absolute atomic E-state index is 0.124. The van der Waals surface area contributed by atoms with E-state index in [1.54, 1.807) is 6.07 Å². The molecule has 1 N–H and O–H groups in total. The van der Waals surface area contributed by atoms with Crippen molar-refractivity contribution in [2.24, 2.45) is 4.99 Å². The lowest BCUT2D eigenvalue weighted by Gasteiger charge is -2.20. The SMILES string of the molecule is CC1=Nc2cccc(O)c2C1(C)C. The summed E-state index contributed by atoms with van der Waals surface area (Å²) in [4.78, 5) is 4.42. The van der Waals surface area contributed by atoms with Crippen molar-refractivity contribution in [3.63, 3.8) is 0 Å². The van der Waals surface area contributed by atoms with Crippen molar-refractivity contribution >= 4 is 11.4 Å². The van der Waals surface area contributed by atoms with Gasteiger partial charge in [0.05, 0.1) is 5.69 Å². The molecular weight excluding hydrogens is 162 g/mol. The van der Waals surface area contributed by atoms with Gasteiger partial charge in [0.25, 0.3) is 0 Å². The number of nitrogens with zero attached hydrogens (tertiary/aromatic N) is 1. The minimum Gasteiger partial charge on any atom is -0.508 e. The number of rotatable bonds is 0. The first-order chi connectivity index (χ1) is 6.03. The molecule has 2 rings (SSSR count). The quantitative estimate of drug-likeness (QED) is 0.646. The summed E-state index contributed by atoms with van der Waals surface area (Å²) >= 11 is 0. The second kappa shape index (κ2) is 2.34. The van der Waals surface area contributed by atoms with Gasteiger partial charge in [0, 0.05) is 16.7 Å². The van der Waals surface area contributed by atoms with Gasteiger partial charge < -0.3 is 5.11 Å². The molecule has 1 aromatic carbocycles. The van der Waals surface area contributed by atoms with E-state index in [4.69, 9.17) is 0 Å². The van der Waals surface area contributed by atoms with Crippen LogP contribution in [0.2, 0.25) is 0 Å². The highest BCUT2D eigenvalue weighted by molar-refractivity contribution is 6.00. The first-order valence-electron chi connectivity index (χ1n) is 4.41. The first-order valence-corrected chi connectivity index (χ1v) is 4.41. The zero-order valence-corrected chi connectivity index (χ0v) is 8.13. The number of fused-ring (bicyclic) bond motifs is 1. The molecule has 2 heteroatoms. The first kappa shape index (κ1) is 8.30. The predicted molar refractivity (Wildman–Crippen MR) is 53.9 cm³/mol. The molecule has 2 nitrogen and oxygen atoms in total. The summed E-state index contributed by atoms with van der Waals surface area (Å²) in [5, 5.41) is 9.71. The molecule has 1 aliphatic rings. The Kier molecular flexibility index (Phi) is 1.50. The predicted octanol–water partition coefficient (Wildman–Crippen LogP) is 2.78. The van der Waals surface area contributed by atoms with Crippen molar-refractivity contribution in [3.05, 3.63) is 23.8 Å². The number of aromatic hydroxyl groups is 1. The molecule has 0 saturated heterocycles. The fraction of sp³-hybridized carbons (Fsp3) is 0.364. The molecule has 0 aliphatic carbocycles. The average molecular weight is 175 g/mol. The second-order valence-corrected chi connectivity index (χ2v) is 3.99. The number of hydrogen-bond donors (Lipinski definition) is 1. The summed E-state index contributed by atoms with van der Waals surface area (Å²) < 4.78 is 0. The fourth-order valence-corrected chi connectivity index (χ4v) is 1.76. The Labute approximate surface area is 77.9 Å². The fourth-order valence-electron chi connectivity index (χ4n) is 1.76. The maximum absolute atomic E-state index is 9.71. The molecule has 1 heterocycles. The van der Waals surface area contributed by atoms with Crippen molar-refractivity contribution in [1.82, 2.24) is 0 Å².